The number of amides is 3. The largest absolute Gasteiger partial charge is 0.480 e. The maximum absolute atomic E-state index is 13.3. The van der Waals surface area contributed by atoms with Crippen LogP contribution in [-0.4, -0.2) is 46.1 Å². The Balaban J connectivity index is 1.17. The summed E-state index contributed by atoms with van der Waals surface area (Å²) in [6, 6.07) is 35.1. The van der Waals surface area contributed by atoms with Crippen LogP contribution in [0.3, 0.4) is 0 Å². The van der Waals surface area contributed by atoms with Gasteiger partial charge in [0.2, 0.25) is 5.91 Å². The predicted molar refractivity (Wildman–Crippen MR) is 189 cm³/mol. The van der Waals surface area contributed by atoms with Crippen molar-refractivity contribution in [1.82, 2.24) is 10.2 Å². The highest BCUT2D eigenvalue weighted by molar-refractivity contribution is 6.11. The number of aryl methyl sites for hydroxylation is 1. The van der Waals surface area contributed by atoms with Gasteiger partial charge in [0.15, 0.2) is 0 Å². The number of benzene rings is 5. The van der Waals surface area contributed by atoms with Gasteiger partial charge in [-0.2, -0.15) is 0 Å². The van der Waals surface area contributed by atoms with Crippen LogP contribution >= 0.6 is 0 Å². The molecule has 0 atom stereocenters. The quantitative estimate of drug-likeness (QED) is 0.0676. The Hall–Kier alpha value is -6.55. The first-order valence-electron chi connectivity index (χ1n) is 15.5. The van der Waals surface area contributed by atoms with E-state index in [1.807, 2.05) is 43.3 Å². The van der Waals surface area contributed by atoms with Gasteiger partial charge >= 0.3 is 5.97 Å². The number of nitrogen functional groups attached to an aromatic ring is 1. The number of hydrogen-bond acceptors (Lipinski definition) is 6. The number of aliphatic carboxylic acids is 1. The molecule has 0 saturated carbocycles. The van der Waals surface area contributed by atoms with Gasteiger partial charge in [-0.1, -0.05) is 78.4 Å². The van der Waals surface area contributed by atoms with Crippen LogP contribution in [0.2, 0.25) is 0 Å². The fourth-order valence-corrected chi connectivity index (χ4v) is 5.08. The van der Waals surface area contributed by atoms with Gasteiger partial charge in [-0.3, -0.25) is 24.6 Å². The van der Waals surface area contributed by atoms with Crippen LogP contribution in [0.15, 0.2) is 121 Å². The molecule has 0 radical (unpaired) electrons. The number of hydrogen-bond donors (Lipinski definition) is 5. The first-order valence-corrected chi connectivity index (χ1v) is 15.5. The van der Waals surface area contributed by atoms with Crippen molar-refractivity contribution in [2.24, 2.45) is 0 Å². The van der Waals surface area contributed by atoms with E-state index in [4.69, 9.17) is 11.1 Å². The Morgan fingerprint density at radius 3 is 1.82 bits per heavy atom. The van der Waals surface area contributed by atoms with E-state index in [9.17, 15) is 24.3 Å². The van der Waals surface area contributed by atoms with Gasteiger partial charge in [0.1, 0.15) is 12.4 Å². The number of anilines is 2. The number of carbonyl (C=O) groups excluding carboxylic acids is 3. The molecule has 5 rings (SSSR count). The molecule has 5 aromatic rings. The summed E-state index contributed by atoms with van der Waals surface area (Å²) in [5, 5.41) is 23.3. The van der Waals surface area contributed by atoms with E-state index in [0.717, 1.165) is 22.3 Å². The highest BCUT2D eigenvalue weighted by Gasteiger charge is 2.20. The summed E-state index contributed by atoms with van der Waals surface area (Å²) < 4.78 is 0. The number of nitrogens with two attached hydrogens (primary N) is 1. The van der Waals surface area contributed by atoms with E-state index in [2.05, 4.69) is 10.6 Å². The third kappa shape index (κ3) is 9.26. The van der Waals surface area contributed by atoms with Crippen LogP contribution in [0.1, 0.15) is 43.0 Å². The van der Waals surface area contributed by atoms with Crippen LogP contribution < -0.4 is 16.4 Å². The first kappa shape index (κ1) is 33.8. The third-order valence-corrected chi connectivity index (χ3v) is 7.76. The van der Waals surface area contributed by atoms with Crippen LogP contribution in [0.4, 0.5) is 11.4 Å². The SMILES string of the molecule is Cc1ccc(-c2ccc(C(=O)NC(=N)c3ccc(CN(CC(=O)O)C(=O)c4ccc(NC(=O)Cc5ccc(N)cc5)cc4)cc3)cc2)cc1. The summed E-state index contributed by atoms with van der Waals surface area (Å²) in [4.78, 5) is 51.4. The smallest absolute Gasteiger partial charge is 0.323 e. The standard InChI is InChI=1S/C39H35N5O5/c1-25-2-8-28(9-3-25)29-12-14-31(15-13-29)38(48)43-37(41)30-10-4-27(5-11-30)23-44(24-36(46)47)39(49)32-16-20-34(21-17-32)42-35(45)22-26-6-18-33(40)19-7-26/h2-21H,22-24,40H2,1H3,(H,42,45)(H,46,47)(H2,41,43,48). The van der Waals surface area contributed by atoms with Gasteiger partial charge in [-0.25, -0.2) is 0 Å². The molecular formula is C39H35N5O5. The Bertz CT molecular complexity index is 1970. The van der Waals surface area contributed by atoms with Crippen LogP contribution in [0, 0.1) is 12.3 Å². The normalized spacial score (nSPS) is 10.6. The van der Waals surface area contributed by atoms with E-state index >= 15 is 0 Å². The molecule has 5 aromatic carbocycles. The molecule has 10 heteroatoms. The average Bonchev–Trinajstić information content (AvgIpc) is 3.09. The van der Waals surface area contributed by atoms with E-state index < -0.39 is 24.3 Å². The monoisotopic (exact) mass is 653 g/mol. The number of carboxylic acid groups (broad SMARTS) is 1. The molecule has 0 bridgehead atoms. The molecule has 3 amide bonds. The zero-order valence-electron chi connectivity index (χ0n) is 26.8. The van der Waals surface area contributed by atoms with Gasteiger partial charge in [-0.05, 0) is 77.7 Å². The van der Waals surface area contributed by atoms with Gasteiger partial charge in [0.25, 0.3) is 11.8 Å². The molecule has 6 N–H and O–H groups in total. The van der Waals surface area contributed by atoms with Gasteiger partial charge in [0, 0.05) is 34.6 Å². The average molecular weight is 654 g/mol. The van der Waals surface area contributed by atoms with E-state index in [0.29, 0.717) is 28.1 Å². The molecule has 0 fully saturated rings. The molecule has 49 heavy (non-hydrogen) atoms. The van der Waals surface area contributed by atoms with Crippen molar-refractivity contribution in [2.75, 3.05) is 17.6 Å². The van der Waals surface area contributed by atoms with E-state index in [-0.39, 0.29) is 30.3 Å². The van der Waals surface area contributed by atoms with E-state index in [1.54, 1.807) is 72.8 Å². The molecule has 246 valence electrons. The van der Waals surface area contributed by atoms with Crippen molar-refractivity contribution in [3.8, 4) is 11.1 Å². The number of nitrogens with zero attached hydrogens (tertiary/aromatic N) is 1. The molecule has 10 nitrogen and oxygen atoms in total. The predicted octanol–water partition coefficient (Wildman–Crippen LogP) is 5.91. The number of carbonyl (C=O) groups is 4. The molecule has 0 saturated heterocycles. The molecule has 0 aliphatic heterocycles. The second-order valence-corrected chi connectivity index (χ2v) is 11.6. The zero-order chi connectivity index (χ0) is 34.9. The fourth-order valence-electron chi connectivity index (χ4n) is 5.08. The molecule has 0 spiro atoms. The first-order chi connectivity index (χ1) is 23.5. The second kappa shape index (κ2) is 15.4. The lowest BCUT2D eigenvalue weighted by molar-refractivity contribution is -0.137. The Morgan fingerprint density at radius 2 is 1.22 bits per heavy atom. The number of carboxylic acids is 1. The van der Waals surface area contributed by atoms with Crippen LogP contribution in [0.5, 0.6) is 0 Å². The van der Waals surface area contributed by atoms with Crippen molar-refractivity contribution < 1.29 is 24.3 Å². The summed E-state index contributed by atoms with van der Waals surface area (Å²) in [6.07, 6.45) is 0.154. The number of nitrogens with one attached hydrogen (secondary N) is 3. The molecule has 0 heterocycles. The fraction of sp³-hybridized carbons (Fsp3) is 0.103. The maximum Gasteiger partial charge on any atom is 0.323 e. The Labute approximate surface area is 283 Å². The minimum absolute atomic E-state index is 0.00147. The van der Waals surface area contributed by atoms with Crippen LogP contribution in [-0.2, 0) is 22.6 Å². The molecule has 0 unspecified atom stereocenters. The molecular weight excluding hydrogens is 618 g/mol. The van der Waals surface area contributed by atoms with Gasteiger partial charge < -0.3 is 26.4 Å². The zero-order valence-corrected chi connectivity index (χ0v) is 26.8. The summed E-state index contributed by atoms with van der Waals surface area (Å²) in [5.74, 6) is -2.43. The lowest BCUT2D eigenvalue weighted by atomic mass is 10.0. The van der Waals surface area contributed by atoms with Gasteiger partial charge in [-0.15, -0.1) is 0 Å². The summed E-state index contributed by atoms with van der Waals surface area (Å²) >= 11 is 0. The summed E-state index contributed by atoms with van der Waals surface area (Å²) in [5.41, 5.74) is 12.5. The lowest BCUT2D eigenvalue weighted by Gasteiger charge is -2.21. The Morgan fingerprint density at radius 1 is 0.694 bits per heavy atom. The highest BCUT2D eigenvalue weighted by atomic mass is 16.4. The van der Waals surface area contributed by atoms with Gasteiger partial charge in [0.05, 0.1) is 6.42 Å². The molecule has 0 aliphatic rings. The maximum atomic E-state index is 13.3. The van der Waals surface area contributed by atoms with Crippen molar-refractivity contribution >= 4 is 40.9 Å². The number of rotatable bonds is 11. The minimum Gasteiger partial charge on any atom is -0.480 e. The minimum atomic E-state index is -1.17. The third-order valence-electron chi connectivity index (χ3n) is 7.76. The van der Waals surface area contributed by atoms with Crippen molar-refractivity contribution in [3.05, 3.63) is 155 Å². The van der Waals surface area contributed by atoms with Crippen molar-refractivity contribution in [1.29, 1.82) is 5.41 Å². The second-order valence-electron chi connectivity index (χ2n) is 11.6. The van der Waals surface area contributed by atoms with Crippen molar-refractivity contribution in [2.45, 2.75) is 19.9 Å². The van der Waals surface area contributed by atoms with Crippen molar-refractivity contribution in [3.63, 3.8) is 0 Å². The number of amidine groups is 1. The highest BCUT2D eigenvalue weighted by Crippen LogP contribution is 2.21. The summed E-state index contributed by atoms with van der Waals surface area (Å²) in [6.45, 7) is 1.49. The van der Waals surface area contributed by atoms with Crippen LogP contribution in [0.25, 0.3) is 11.1 Å². The molecule has 0 aliphatic carbocycles. The van der Waals surface area contributed by atoms with E-state index in [1.165, 1.54) is 17.0 Å². The Kier molecular flexibility index (Phi) is 10.6. The molecule has 0 aromatic heterocycles. The lowest BCUT2D eigenvalue weighted by Crippen LogP contribution is -2.35. The summed E-state index contributed by atoms with van der Waals surface area (Å²) in [7, 11) is 0. The topological polar surface area (TPSA) is 166 Å².